The number of ether oxygens (including phenoxy) is 2. The van der Waals surface area contributed by atoms with Gasteiger partial charge in [0.2, 0.25) is 5.91 Å². The lowest BCUT2D eigenvalue weighted by Gasteiger charge is -2.42. The lowest BCUT2D eigenvalue weighted by Crippen LogP contribution is -2.54. The van der Waals surface area contributed by atoms with Gasteiger partial charge >= 0.3 is 12.3 Å². The maximum atomic E-state index is 16.0. The summed E-state index contributed by atoms with van der Waals surface area (Å²) in [5.41, 5.74) is -1.82. The fourth-order valence-corrected chi connectivity index (χ4v) is 6.39. The molecule has 260 valence electrons. The maximum absolute atomic E-state index is 16.0. The summed E-state index contributed by atoms with van der Waals surface area (Å²) in [5.74, 6) is -0.559. The zero-order chi connectivity index (χ0) is 35.6. The van der Waals surface area contributed by atoms with Crippen LogP contribution in [-0.4, -0.2) is 66.3 Å². The third-order valence-electron chi connectivity index (χ3n) is 8.85. The minimum Gasteiger partial charge on any atom is -0.493 e. The van der Waals surface area contributed by atoms with Gasteiger partial charge in [0.1, 0.15) is 28.9 Å². The normalized spacial score (nSPS) is 17.7. The van der Waals surface area contributed by atoms with E-state index in [0.717, 1.165) is 12.1 Å². The van der Waals surface area contributed by atoms with Crippen LogP contribution in [0.15, 0.2) is 54.7 Å². The number of benzene rings is 2. The Bertz CT molecular complexity index is 1740. The van der Waals surface area contributed by atoms with Crippen molar-refractivity contribution in [3.05, 3.63) is 77.2 Å². The Morgan fingerprint density at radius 1 is 1.08 bits per heavy atom. The van der Waals surface area contributed by atoms with E-state index in [1.54, 1.807) is 49.9 Å². The number of amides is 2. The highest BCUT2D eigenvalue weighted by Gasteiger charge is 2.45. The summed E-state index contributed by atoms with van der Waals surface area (Å²) in [6.45, 7) is 8.51. The molecule has 2 aromatic carbocycles. The van der Waals surface area contributed by atoms with E-state index in [9.17, 15) is 28.0 Å². The summed E-state index contributed by atoms with van der Waals surface area (Å²) >= 11 is 0. The number of nitrogens with one attached hydrogen (secondary N) is 1. The van der Waals surface area contributed by atoms with Crippen molar-refractivity contribution >= 4 is 17.7 Å². The van der Waals surface area contributed by atoms with Crippen molar-refractivity contribution in [2.45, 2.75) is 70.2 Å². The van der Waals surface area contributed by atoms with Gasteiger partial charge in [0.15, 0.2) is 0 Å². The average Bonchev–Trinajstić information content (AvgIpc) is 3.52. The molecule has 0 aliphatic carbocycles. The van der Waals surface area contributed by atoms with Gasteiger partial charge in [-0.15, -0.1) is 0 Å². The number of para-hydroxylation sites is 1. The number of carbonyl (C=O) groups is 2. The molecule has 1 aromatic heterocycles. The molecule has 1 atom stereocenters. The second kappa shape index (κ2) is 13.9. The van der Waals surface area contributed by atoms with Crippen LogP contribution in [0.25, 0.3) is 11.3 Å². The third-order valence-corrected chi connectivity index (χ3v) is 8.85. The number of pyridine rings is 1. The van der Waals surface area contributed by atoms with Gasteiger partial charge in [-0.1, -0.05) is 12.1 Å². The molecular formula is C36H39F4N5O4. The number of aromatic nitrogens is 1. The van der Waals surface area contributed by atoms with E-state index in [2.05, 4.69) is 10.3 Å². The highest BCUT2D eigenvalue weighted by atomic mass is 19.4. The Morgan fingerprint density at radius 3 is 2.43 bits per heavy atom. The summed E-state index contributed by atoms with van der Waals surface area (Å²) in [7, 11) is 0. The molecule has 5 rings (SSSR count). The summed E-state index contributed by atoms with van der Waals surface area (Å²) in [6, 6.07) is 12.7. The predicted octanol–water partition coefficient (Wildman–Crippen LogP) is 6.84. The number of nitriles is 1. The van der Waals surface area contributed by atoms with Gasteiger partial charge in [0.05, 0.1) is 28.8 Å². The van der Waals surface area contributed by atoms with Gasteiger partial charge in [0.25, 0.3) is 0 Å². The molecule has 0 bridgehead atoms. The molecule has 3 heterocycles. The molecule has 0 radical (unpaired) electrons. The lowest BCUT2D eigenvalue weighted by molar-refractivity contribution is -0.137. The fraction of sp³-hybridized carbons (Fsp3) is 0.444. The number of halogens is 4. The van der Waals surface area contributed by atoms with Crippen LogP contribution in [-0.2, 0) is 21.1 Å². The van der Waals surface area contributed by atoms with E-state index in [1.165, 1.54) is 23.2 Å². The van der Waals surface area contributed by atoms with Crippen LogP contribution < -0.4 is 15.0 Å². The highest BCUT2D eigenvalue weighted by Crippen LogP contribution is 2.41. The molecule has 3 aromatic rings. The molecule has 2 amide bonds. The standard InChI is InChI=1S/C36H39F4N5O4/c1-5-48-30-9-7-6-8-27(30)31-28(37)19-25(21-42-31)35(32(46)43-26-12-15-45(22-26)33(47)49-34(2,3)4)13-16-44(17-14-35)29-11-10-24(36(38,39)40)18-23(29)20-41/h6-11,18-19,21,26H,5,12-17,22H2,1-4H3,(H,43,46)/t26-/m1/s1. The van der Waals surface area contributed by atoms with Crippen molar-refractivity contribution in [2.24, 2.45) is 0 Å². The van der Waals surface area contributed by atoms with Crippen LogP contribution >= 0.6 is 0 Å². The van der Waals surface area contributed by atoms with Crippen LogP contribution in [0, 0.1) is 17.1 Å². The number of hydrogen-bond acceptors (Lipinski definition) is 7. The Morgan fingerprint density at radius 2 is 1.80 bits per heavy atom. The molecule has 0 unspecified atom stereocenters. The number of rotatable bonds is 7. The number of carbonyl (C=O) groups excluding carboxylic acids is 2. The second-order valence-corrected chi connectivity index (χ2v) is 13.3. The minimum absolute atomic E-state index is 0.0630. The molecule has 2 aliphatic heterocycles. The van der Waals surface area contributed by atoms with Crippen molar-refractivity contribution in [3.63, 3.8) is 0 Å². The minimum atomic E-state index is -4.61. The maximum Gasteiger partial charge on any atom is 0.416 e. The molecule has 1 N–H and O–H groups in total. The van der Waals surface area contributed by atoms with Gasteiger partial charge in [-0.3, -0.25) is 9.78 Å². The SMILES string of the molecule is CCOc1ccccc1-c1ncc(C2(C(=O)N[C@@H]3CCN(C(=O)OC(C)(C)C)C3)CCN(c3ccc(C(F)(F)F)cc3C#N)CC2)cc1F. The van der Waals surface area contributed by atoms with Gasteiger partial charge in [-0.2, -0.15) is 18.4 Å². The first-order valence-corrected chi connectivity index (χ1v) is 16.2. The molecule has 0 saturated carbocycles. The molecule has 49 heavy (non-hydrogen) atoms. The van der Waals surface area contributed by atoms with E-state index in [1.807, 2.05) is 13.0 Å². The van der Waals surface area contributed by atoms with Gasteiger partial charge in [-0.05, 0) is 88.9 Å². The third kappa shape index (κ3) is 7.74. The van der Waals surface area contributed by atoms with Crippen LogP contribution in [0.3, 0.4) is 0 Å². The van der Waals surface area contributed by atoms with Crippen LogP contribution in [0.1, 0.15) is 63.6 Å². The molecule has 9 nitrogen and oxygen atoms in total. The Kier molecular flexibility index (Phi) is 10.1. The van der Waals surface area contributed by atoms with Gasteiger partial charge < -0.3 is 24.6 Å². The van der Waals surface area contributed by atoms with Crippen molar-refractivity contribution < 1.29 is 36.6 Å². The summed E-state index contributed by atoms with van der Waals surface area (Å²) in [4.78, 5) is 34.7. The number of anilines is 1. The zero-order valence-electron chi connectivity index (χ0n) is 27.9. The highest BCUT2D eigenvalue weighted by molar-refractivity contribution is 5.89. The van der Waals surface area contributed by atoms with E-state index in [4.69, 9.17) is 9.47 Å². The molecular weight excluding hydrogens is 642 g/mol. The van der Waals surface area contributed by atoms with Crippen molar-refractivity contribution in [1.29, 1.82) is 5.26 Å². The first-order chi connectivity index (χ1) is 23.1. The van der Waals surface area contributed by atoms with Gasteiger partial charge in [-0.25, -0.2) is 9.18 Å². The first-order valence-electron chi connectivity index (χ1n) is 16.2. The van der Waals surface area contributed by atoms with E-state index < -0.39 is 34.7 Å². The van der Waals surface area contributed by atoms with Crippen molar-refractivity contribution in [1.82, 2.24) is 15.2 Å². The molecule has 0 spiro atoms. The second-order valence-electron chi connectivity index (χ2n) is 13.3. The van der Waals surface area contributed by atoms with E-state index in [0.29, 0.717) is 42.1 Å². The Hall–Kier alpha value is -4.86. The average molecular weight is 682 g/mol. The smallest absolute Gasteiger partial charge is 0.416 e. The number of piperidine rings is 1. The summed E-state index contributed by atoms with van der Waals surface area (Å²) in [5, 5.41) is 12.8. The summed E-state index contributed by atoms with van der Waals surface area (Å²) < 4.78 is 67.2. The van der Waals surface area contributed by atoms with Crippen LogP contribution in [0.5, 0.6) is 5.75 Å². The van der Waals surface area contributed by atoms with Gasteiger partial charge in [0, 0.05) is 44.0 Å². The number of nitrogens with zero attached hydrogens (tertiary/aromatic N) is 4. The predicted molar refractivity (Wildman–Crippen MR) is 174 cm³/mol. The largest absolute Gasteiger partial charge is 0.493 e. The number of alkyl halides is 3. The lowest BCUT2D eigenvalue weighted by atomic mass is 9.72. The Balaban J connectivity index is 1.44. The molecule has 13 heteroatoms. The molecule has 2 fully saturated rings. The van der Waals surface area contributed by atoms with Crippen molar-refractivity contribution in [3.8, 4) is 23.1 Å². The number of likely N-dealkylation sites (tertiary alicyclic amines) is 1. The van der Waals surface area contributed by atoms with Crippen molar-refractivity contribution in [2.75, 3.05) is 37.7 Å². The zero-order valence-corrected chi connectivity index (χ0v) is 27.9. The van der Waals surface area contributed by atoms with E-state index >= 15 is 4.39 Å². The van der Waals surface area contributed by atoms with Crippen LogP contribution in [0.2, 0.25) is 0 Å². The fourth-order valence-electron chi connectivity index (χ4n) is 6.39. The Labute approximate surface area is 282 Å². The van der Waals surface area contributed by atoms with E-state index in [-0.39, 0.29) is 55.7 Å². The molecule has 2 saturated heterocycles. The quantitative estimate of drug-likeness (QED) is 0.272. The number of hydrogen-bond donors (Lipinski definition) is 1. The topological polar surface area (TPSA) is 108 Å². The first kappa shape index (κ1) is 35.4. The molecule has 2 aliphatic rings. The monoisotopic (exact) mass is 681 g/mol. The summed E-state index contributed by atoms with van der Waals surface area (Å²) in [6.07, 6.45) is -2.80. The van der Waals surface area contributed by atoms with Crippen LogP contribution in [0.4, 0.5) is 28.0 Å².